The molecule has 18 rings (SSSR count). The summed E-state index contributed by atoms with van der Waals surface area (Å²) < 4.78 is 0. The van der Waals surface area contributed by atoms with E-state index < -0.39 is 10.8 Å². The summed E-state index contributed by atoms with van der Waals surface area (Å²) in [7, 11) is 0. The predicted octanol–water partition coefficient (Wildman–Crippen LogP) is 21.9. The van der Waals surface area contributed by atoms with Crippen LogP contribution in [-0.2, 0) is 16.2 Å². The van der Waals surface area contributed by atoms with Crippen molar-refractivity contribution < 1.29 is 0 Å². The van der Waals surface area contributed by atoms with Gasteiger partial charge >= 0.3 is 0 Å². The van der Waals surface area contributed by atoms with Gasteiger partial charge in [0.25, 0.3) is 0 Å². The van der Waals surface area contributed by atoms with Crippen LogP contribution in [0.5, 0.6) is 0 Å². The van der Waals surface area contributed by atoms with Crippen molar-refractivity contribution in [2.45, 2.75) is 37.0 Å². The predicted molar refractivity (Wildman–Crippen MR) is 357 cm³/mol. The standard InChI is InChI=1S/C84H58N2/c1-82(2)73-31-14-10-26-66(73)69-44-41-61(51-78(69)82)86-60-25-18-24-58(49-60)83(3)79-48-56(54-22-8-5-9-23-54)38-43-70(79)71-45-42-62(52-80(71)83)85(59-39-36-55(37-40-59)53-20-6-4-7-21-53)63-46-57(47-64(86)50-63)65-30-19-35-77-81(65)72-29-13-17-34-76(72)84(77)74-32-15-11-27-67(74)68-28-12-16-33-75(68)84/h4-52H,1-3H3. The maximum Gasteiger partial charge on any atom is 0.0725 e. The van der Waals surface area contributed by atoms with Crippen LogP contribution in [0.1, 0.15) is 70.8 Å². The van der Waals surface area contributed by atoms with Gasteiger partial charge in [-0.15, -0.1) is 0 Å². The van der Waals surface area contributed by atoms with Gasteiger partial charge in [-0.2, -0.15) is 0 Å². The van der Waals surface area contributed by atoms with E-state index in [2.05, 4.69) is 328 Å². The Kier molecular flexibility index (Phi) is 10.2. The quantitative estimate of drug-likeness (QED) is 0.169. The normalized spacial score (nSPS) is 16.0. The highest BCUT2D eigenvalue weighted by Gasteiger charge is 2.52. The van der Waals surface area contributed by atoms with E-state index in [9.17, 15) is 0 Å². The Labute approximate surface area is 503 Å². The molecule has 0 saturated heterocycles. The molecular weight excluding hydrogens is 1040 g/mol. The van der Waals surface area contributed by atoms with Gasteiger partial charge in [0.1, 0.15) is 0 Å². The summed E-state index contributed by atoms with van der Waals surface area (Å²) in [6, 6.07) is 113. The number of hydrogen-bond donors (Lipinski definition) is 0. The molecule has 1 spiro atoms. The molecule has 5 aliphatic rings. The van der Waals surface area contributed by atoms with Gasteiger partial charge in [-0.25, -0.2) is 0 Å². The summed E-state index contributed by atoms with van der Waals surface area (Å²) >= 11 is 0. The van der Waals surface area contributed by atoms with Gasteiger partial charge in [-0.05, 0) is 208 Å². The van der Waals surface area contributed by atoms with Crippen molar-refractivity contribution in [2.24, 2.45) is 0 Å². The highest BCUT2D eigenvalue weighted by molar-refractivity contribution is 6.02. The molecule has 1 aliphatic heterocycles. The number of anilines is 6. The Morgan fingerprint density at radius 3 is 1.29 bits per heavy atom. The molecule has 6 bridgehead atoms. The van der Waals surface area contributed by atoms with Crippen molar-refractivity contribution in [3.8, 4) is 77.9 Å². The first kappa shape index (κ1) is 48.9. The van der Waals surface area contributed by atoms with E-state index in [4.69, 9.17) is 0 Å². The van der Waals surface area contributed by atoms with Crippen LogP contribution in [0.2, 0.25) is 0 Å². The summed E-state index contributed by atoms with van der Waals surface area (Å²) in [5.41, 5.74) is 34.7. The Morgan fingerprint density at radius 1 is 0.221 bits per heavy atom. The van der Waals surface area contributed by atoms with Crippen molar-refractivity contribution in [3.63, 3.8) is 0 Å². The minimum absolute atomic E-state index is 0.214. The van der Waals surface area contributed by atoms with Gasteiger partial charge in [0.2, 0.25) is 0 Å². The summed E-state index contributed by atoms with van der Waals surface area (Å²) in [6.07, 6.45) is 0. The van der Waals surface area contributed by atoms with Crippen LogP contribution >= 0.6 is 0 Å². The Bertz CT molecular complexity index is 4940. The molecule has 1 unspecified atom stereocenters. The zero-order chi connectivity index (χ0) is 57.0. The second-order valence-corrected chi connectivity index (χ2v) is 24.9. The highest BCUT2D eigenvalue weighted by atomic mass is 15.2. The van der Waals surface area contributed by atoms with Gasteiger partial charge in [-0.1, -0.05) is 238 Å². The molecule has 86 heavy (non-hydrogen) atoms. The fraction of sp³-hybridized carbons (Fsp3) is 0.0714. The molecule has 0 saturated carbocycles. The third-order valence-electron chi connectivity index (χ3n) is 20.2. The molecule has 2 nitrogen and oxygen atoms in total. The van der Waals surface area contributed by atoms with E-state index in [1.807, 2.05) is 0 Å². The molecule has 2 heteroatoms. The molecule has 1 heterocycles. The van der Waals surface area contributed by atoms with Gasteiger partial charge in [0.05, 0.1) is 5.41 Å². The first-order chi connectivity index (χ1) is 42.3. The SMILES string of the molecule is CC1(C)c2ccccc2-c2ccc(N3c4cc(-c5cccc6c5-c5ccccc5C65c6ccccc6-c6ccccc65)cc(c4)N(c4ccc(-c5ccccc5)cc4)c4ccc5c(c4)C(C)(c4cccc3c4)c3cc(-c4ccccc4)ccc3-5)cc21. The van der Waals surface area contributed by atoms with Crippen molar-refractivity contribution in [3.05, 3.63) is 347 Å². The summed E-state index contributed by atoms with van der Waals surface area (Å²) in [6.45, 7) is 7.26. The smallest absolute Gasteiger partial charge is 0.0725 e. The molecule has 0 N–H and O–H groups in total. The van der Waals surface area contributed by atoms with Crippen molar-refractivity contribution in [1.82, 2.24) is 0 Å². The van der Waals surface area contributed by atoms with E-state index >= 15 is 0 Å². The van der Waals surface area contributed by atoms with Crippen LogP contribution in [0.25, 0.3) is 77.9 Å². The first-order valence-corrected chi connectivity index (χ1v) is 30.3. The Hall–Kier alpha value is -10.5. The van der Waals surface area contributed by atoms with Gasteiger partial charge in [0.15, 0.2) is 0 Å². The Balaban J connectivity index is 0.936. The maximum atomic E-state index is 2.56. The second-order valence-electron chi connectivity index (χ2n) is 24.9. The van der Waals surface area contributed by atoms with E-state index in [0.717, 1.165) is 39.7 Å². The monoisotopic (exact) mass is 1090 g/mol. The first-order valence-electron chi connectivity index (χ1n) is 30.3. The molecule has 1 atom stereocenters. The van der Waals surface area contributed by atoms with Crippen LogP contribution < -0.4 is 9.80 Å². The van der Waals surface area contributed by atoms with Crippen LogP contribution in [0, 0.1) is 0 Å². The zero-order valence-electron chi connectivity index (χ0n) is 48.2. The number of hydrogen-bond acceptors (Lipinski definition) is 2. The number of fused-ring (bicyclic) bond motifs is 22. The largest absolute Gasteiger partial charge is 0.310 e. The van der Waals surface area contributed by atoms with Crippen molar-refractivity contribution in [2.75, 3.05) is 9.80 Å². The average molecular weight is 1100 g/mol. The average Bonchev–Trinajstić information content (AvgIpc) is 1.53. The molecule has 13 aromatic rings. The van der Waals surface area contributed by atoms with E-state index in [1.54, 1.807) is 0 Å². The van der Waals surface area contributed by atoms with Crippen LogP contribution in [0.15, 0.2) is 297 Å². The van der Waals surface area contributed by atoms with E-state index in [0.29, 0.717) is 0 Å². The van der Waals surface area contributed by atoms with Crippen LogP contribution in [0.4, 0.5) is 34.1 Å². The number of benzene rings is 13. The summed E-state index contributed by atoms with van der Waals surface area (Å²) in [5.74, 6) is 0. The minimum atomic E-state index is -0.527. The van der Waals surface area contributed by atoms with Gasteiger partial charge < -0.3 is 9.80 Å². The highest BCUT2D eigenvalue weighted by Crippen LogP contribution is 2.65. The lowest BCUT2D eigenvalue weighted by atomic mass is 9.70. The molecule has 0 radical (unpaired) electrons. The van der Waals surface area contributed by atoms with Gasteiger partial charge in [0, 0.05) is 45.0 Å². The third kappa shape index (κ3) is 6.67. The van der Waals surface area contributed by atoms with Crippen LogP contribution in [-0.4, -0.2) is 0 Å². The molecule has 404 valence electrons. The lowest BCUT2D eigenvalue weighted by Crippen LogP contribution is -2.25. The van der Waals surface area contributed by atoms with E-state index in [-0.39, 0.29) is 5.41 Å². The minimum Gasteiger partial charge on any atom is -0.310 e. The molecule has 0 fully saturated rings. The fourth-order valence-corrected chi connectivity index (χ4v) is 16.3. The van der Waals surface area contributed by atoms with E-state index in [1.165, 1.54) is 122 Å². The second kappa shape index (κ2) is 18.0. The molecule has 13 aromatic carbocycles. The number of rotatable bonds is 5. The molecule has 4 aliphatic carbocycles. The molecule has 0 amide bonds. The number of nitrogens with zero attached hydrogens (tertiary/aromatic N) is 2. The lowest BCUT2D eigenvalue weighted by Gasteiger charge is -2.35. The maximum absolute atomic E-state index is 2.56. The molecular formula is C84H58N2. The summed E-state index contributed by atoms with van der Waals surface area (Å²) in [5, 5.41) is 0. The van der Waals surface area contributed by atoms with Crippen molar-refractivity contribution >= 4 is 34.1 Å². The van der Waals surface area contributed by atoms with Crippen LogP contribution in [0.3, 0.4) is 0 Å². The topological polar surface area (TPSA) is 6.48 Å². The lowest BCUT2D eigenvalue weighted by molar-refractivity contribution is 0.660. The third-order valence-corrected chi connectivity index (χ3v) is 20.2. The zero-order valence-corrected chi connectivity index (χ0v) is 48.2. The van der Waals surface area contributed by atoms with Crippen molar-refractivity contribution in [1.29, 1.82) is 0 Å². The summed E-state index contributed by atoms with van der Waals surface area (Å²) in [4.78, 5) is 5.09. The fourth-order valence-electron chi connectivity index (χ4n) is 16.3. The Morgan fingerprint density at radius 2 is 0.640 bits per heavy atom. The molecule has 0 aromatic heterocycles. The van der Waals surface area contributed by atoms with Gasteiger partial charge in [-0.3, -0.25) is 0 Å².